The molecule has 1 saturated heterocycles. The van der Waals surface area contributed by atoms with E-state index in [0.29, 0.717) is 6.61 Å². The van der Waals surface area contributed by atoms with Crippen LogP contribution in [0.15, 0.2) is 30.3 Å². The van der Waals surface area contributed by atoms with Gasteiger partial charge in [-0.1, -0.05) is 50.1 Å². The molecule has 92 valence electrons. The molecule has 1 aliphatic rings. The van der Waals surface area contributed by atoms with E-state index in [1.807, 2.05) is 30.3 Å². The number of carbonyl (C=O) groups excluding carboxylic acids is 1. The summed E-state index contributed by atoms with van der Waals surface area (Å²) in [5.74, 6) is -0.163. The lowest BCUT2D eigenvalue weighted by Gasteiger charge is -2.30. The molecular formula is C14H19NO2. The number of nitrogens with one attached hydrogen (secondary N) is 1. The van der Waals surface area contributed by atoms with Crippen molar-refractivity contribution in [3.05, 3.63) is 35.9 Å². The summed E-state index contributed by atoms with van der Waals surface area (Å²) >= 11 is 0. The summed E-state index contributed by atoms with van der Waals surface area (Å²) in [6.07, 6.45) is 3.39. The predicted molar refractivity (Wildman–Crippen MR) is 66.6 cm³/mol. The van der Waals surface area contributed by atoms with E-state index in [1.165, 1.54) is 6.42 Å². The van der Waals surface area contributed by atoms with Gasteiger partial charge in [0.15, 0.2) is 0 Å². The van der Waals surface area contributed by atoms with Gasteiger partial charge in [0.1, 0.15) is 12.6 Å². The summed E-state index contributed by atoms with van der Waals surface area (Å²) in [5, 5.41) is 3.38. The number of hydrogen-bond donors (Lipinski definition) is 1. The van der Waals surface area contributed by atoms with Crippen LogP contribution in [0.4, 0.5) is 0 Å². The Kier molecular flexibility index (Phi) is 4.15. The summed E-state index contributed by atoms with van der Waals surface area (Å²) in [6, 6.07) is 9.75. The fraction of sp³-hybridized carbons (Fsp3) is 0.500. The molecule has 0 amide bonds. The smallest absolute Gasteiger partial charge is 0.327 e. The van der Waals surface area contributed by atoms with Gasteiger partial charge in [0.2, 0.25) is 0 Å². The molecule has 1 N–H and O–H groups in total. The van der Waals surface area contributed by atoms with Gasteiger partial charge in [0.25, 0.3) is 0 Å². The minimum absolute atomic E-state index is 0.163. The first kappa shape index (κ1) is 12.1. The van der Waals surface area contributed by atoms with Crippen molar-refractivity contribution in [3.63, 3.8) is 0 Å². The largest absolute Gasteiger partial charge is 0.463 e. The van der Waals surface area contributed by atoms with Crippen LogP contribution in [0.3, 0.4) is 0 Å². The zero-order valence-corrected chi connectivity index (χ0v) is 10.2. The van der Waals surface area contributed by atoms with Crippen molar-refractivity contribution in [3.8, 4) is 0 Å². The van der Waals surface area contributed by atoms with Crippen LogP contribution < -0.4 is 5.32 Å². The second kappa shape index (κ2) is 5.82. The number of carbonyl (C=O) groups is 1. The second-order valence-electron chi connectivity index (χ2n) is 4.48. The predicted octanol–water partition coefficient (Wildman–Crippen LogP) is 2.43. The summed E-state index contributed by atoms with van der Waals surface area (Å²) < 4.78 is 5.25. The lowest BCUT2D eigenvalue weighted by atomic mass is 10.0. The maximum absolute atomic E-state index is 11.7. The topological polar surface area (TPSA) is 38.3 Å². The van der Waals surface area contributed by atoms with Crippen LogP contribution in [0.5, 0.6) is 0 Å². The summed E-state index contributed by atoms with van der Waals surface area (Å²) in [4.78, 5) is 11.7. The molecule has 1 aromatic carbocycles. The highest BCUT2D eigenvalue weighted by molar-refractivity contribution is 5.78. The highest BCUT2D eigenvalue weighted by Crippen LogP contribution is 2.20. The van der Waals surface area contributed by atoms with Crippen molar-refractivity contribution in [2.45, 2.75) is 38.3 Å². The molecule has 0 spiro atoms. The SMILES string of the molecule is CCCC[C@H]1COC(=O)[C@@H](c2ccccc2)N1. The average molecular weight is 233 g/mol. The number of cyclic esters (lactones) is 1. The first-order valence-electron chi connectivity index (χ1n) is 6.29. The lowest BCUT2D eigenvalue weighted by Crippen LogP contribution is -2.46. The van der Waals surface area contributed by atoms with Crippen molar-refractivity contribution in [1.29, 1.82) is 0 Å². The fourth-order valence-corrected chi connectivity index (χ4v) is 2.11. The maximum Gasteiger partial charge on any atom is 0.327 e. The van der Waals surface area contributed by atoms with E-state index in [9.17, 15) is 4.79 Å². The number of unbranched alkanes of at least 4 members (excludes halogenated alkanes) is 1. The first-order valence-corrected chi connectivity index (χ1v) is 6.29. The zero-order valence-electron chi connectivity index (χ0n) is 10.2. The monoisotopic (exact) mass is 233 g/mol. The molecule has 0 saturated carbocycles. The van der Waals surface area contributed by atoms with Gasteiger partial charge < -0.3 is 4.74 Å². The van der Waals surface area contributed by atoms with Crippen molar-refractivity contribution in [2.75, 3.05) is 6.61 Å². The Labute approximate surface area is 102 Å². The Hall–Kier alpha value is -1.35. The number of morpholine rings is 1. The Bertz CT molecular complexity index is 364. The van der Waals surface area contributed by atoms with Crippen LogP contribution in [0.25, 0.3) is 0 Å². The van der Waals surface area contributed by atoms with Crippen molar-refractivity contribution in [2.24, 2.45) is 0 Å². The molecule has 3 heteroatoms. The molecule has 1 aromatic rings. The molecule has 0 bridgehead atoms. The van der Waals surface area contributed by atoms with E-state index in [1.54, 1.807) is 0 Å². The summed E-state index contributed by atoms with van der Waals surface area (Å²) in [6.45, 7) is 2.67. The number of hydrogen-bond acceptors (Lipinski definition) is 3. The number of ether oxygens (including phenoxy) is 1. The van der Waals surface area contributed by atoms with Crippen LogP contribution in [-0.4, -0.2) is 18.6 Å². The number of esters is 1. The van der Waals surface area contributed by atoms with Gasteiger partial charge in [0.05, 0.1) is 0 Å². The second-order valence-corrected chi connectivity index (χ2v) is 4.48. The van der Waals surface area contributed by atoms with Crippen molar-refractivity contribution < 1.29 is 9.53 Å². The minimum atomic E-state index is -0.299. The van der Waals surface area contributed by atoms with E-state index in [4.69, 9.17) is 4.74 Å². The third-order valence-electron chi connectivity index (χ3n) is 3.10. The molecule has 1 fully saturated rings. The Morgan fingerprint density at radius 3 is 2.82 bits per heavy atom. The normalized spacial score (nSPS) is 24.4. The highest BCUT2D eigenvalue weighted by atomic mass is 16.5. The van der Waals surface area contributed by atoms with Gasteiger partial charge in [-0.15, -0.1) is 0 Å². The van der Waals surface area contributed by atoms with E-state index in [0.717, 1.165) is 18.4 Å². The summed E-state index contributed by atoms with van der Waals surface area (Å²) in [7, 11) is 0. The average Bonchev–Trinajstić information content (AvgIpc) is 2.39. The first-order chi connectivity index (χ1) is 8.31. The standard InChI is InChI=1S/C14H19NO2/c1-2-3-9-12-10-17-14(16)13(15-12)11-7-5-4-6-8-11/h4-8,12-13,15H,2-3,9-10H2,1H3/t12-,13+/m0/s1. The van der Waals surface area contributed by atoms with E-state index >= 15 is 0 Å². The number of benzene rings is 1. The minimum Gasteiger partial charge on any atom is -0.463 e. The lowest BCUT2D eigenvalue weighted by molar-refractivity contribution is -0.152. The number of rotatable bonds is 4. The van der Waals surface area contributed by atoms with Gasteiger partial charge in [-0.25, -0.2) is 4.79 Å². The van der Waals surface area contributed by atoms with Crippen LogP contribution >= 0.6 is 0 Å². The zero-order chi connectivity index (χ0) is 12.1. The molecule has 0 unspecified atom stereocenters. The molecule has 1 heterocycles. The van der Waals surface area contributed by atoms with Gasteiger partial charge >= 0.3 is 5.97 Å². The molecule has 17 heavy (non-hydrogen) atoms. The molecule has 0 aliphatic carbocycles. The molecular weight excluding hydrogens is 214 g/mol. The Morgan fingerprint density at radius 1 is 1.35 bits per heavy atom. The molecule has 0 aromatic heterocycles. The quantitative estimate of drug-likeness (QED) is 0.812. The molecule has 2 rings (SSSR count). The Morgan fingerprint density at radius 2 is 2.12 bits per heavy atom. The van der Waals surface area contributed by atoms with E-state index in [-0.39, 0.29) is 18.1 Å². The highest BCUT2D eigenvalue weighted by Gasteiger charge is 2.30. The van der Waals surface area contributed by atoms with Gasteiger partial charge in [-0.3, -0.25) is 5.32 Å². The third-order valence-corrected chi connectivity index (χ3v) is 3.10. The molecule has 3 nitrogen and oxygen atoms in total. The third kappa shape index (κ3) is 3.07. The molecule has 1 aliphatic heterocycles. The van der Waals surface area contributed by atoms with E-state index < -0.39 is 0 Å². The van der Waals surface area contributed by atoms with Crippen LogP contribution in [0, 0.1) is 0 Å². The van der Waals surface area contributed by atoms with Crippen LogP contribution in [0.2, 0.25) is 0 Å². The van der Waals surface area contributed by atoms with Crippen LogP contribution in [-0.2, 0) is 9.53 Å². The van der Waals surface area contributed by atoms with Crippen molar-refractivity contribution >= 4 is 5.97 Å². The Balaban J connectivity index is 2.02. The van der Waals surface area contributed by atoms with Gasteiger partial charge in [-0.05, 0) is 12.0 Å². The van der Waals surface area contributed by atoms with E-state index in [2.05, 4.69) is 12.2 Å². The molecule has 0 radical (unpaired) electrons. The summed E-state index contributed by atoms with van der Waals surface area (Å²) in [5.41, 5.74) is 0.985. The van der Waals surface area contributed by atoms with Gasteiger partial charge in [-0.2, -0.15) is 0 Å². The van der Waals surface area contributed by atoms with Crippen LogP contribution in [0.1, 0.15) is 37.8 Å². The molecule has 2 atom stereocenters. The fourth-order valence-electron chi connectivity index (χ4n) is 2.11. The van der Waals surface area contributed by atoms with Crippen molar-refractivity contribution in [1.82, 2.24) is 5.32 Å². The maximum atomic E-state index is 11.7. The van der Waals surface area contributed by atoms with Gasteiger partial charge in [0, 0.05) is 6.04 Å².